The normalized spacial score (nSPS) is 24.5. The Bertz CT molecular complexity index is 1340. The number of carbonyl (C=O) groups excluding carboxylic acids is 3. The van der Waals surface area contributed by atoms with Crippen molar-refractivity contribution in [1.29, 1.82) is 0 Å². The third-order valence-corrected chi connectivity index (χ3v) is 9.20. The van der Waals surface area contributed by atoms with Gasteiger partial charge in [0.25, 0.3) is 5.91 Å². The van der Waals surface area contributed by atoms with E-state index in [4.69, 9.17) is 0 Å². The summed E-state index contributed by atoms with van der Waals surface area (Å²) in [5.41, 5.74) is 2.49. The van der Waals surface area contributed by atoms with Gasteiger partial charge in [-0.2, -0.15) is 13.2 Å². The number of carbonyl (C=O) groups is 3. The van der Waals surface area contributed by atoms with Gasteiger partial charge < -0.3 is 15.1 Å². The second-order valence-corrected chi connectivity index (χ2v) is 12.1. The summed E-state index contributed by atoms with van der Waals surface area (Å²) in [5.74, 6) is -0.113. The smallest absolute Gasteiger partial charge is 0.368 e. The van der Waals surface area contributed by atoms with Crippen molar-refractivity contribution in [3.05, 3.63) is 58.9 Å². The molecule has 3 amide bonds. The number of fused-ring (bicyclic) bond motifs is 1. The van der Waals surface area contributed by atoms with E-state index in [2.05, 4.69) is 26.6 Å². The molecule has 2 aliphatic heterocycles. The Morgan fingerprint density at radius 1 is 1.00 bits per heavy atom. The summed E-state index contributed by atoms with van der Waals surface area (Å²) in [6.07, 6.45) is 4.46. The Morgan fingerprint density at radius 2 is 1.79 bits per heavy atom. The first-order chi connectivity index (χ1) is 20.2. The summed E-state index contributed by atoms with van der Waals surface area (Å²) in [6.45, 7) is 1.68. The molecular formula is C31H36F3N5O3. The SMILES string of the molecule is O=C1CCC(N2Cc3c(cccc3N(CCC3CC3)C3CCC(NCc4ccc(C(F)(F)F)cn4)CC3)C2=O)C(=O)N1. The molecular weight excluding hydrogens is 547 g/mol. The van der Waals surface area contributed by atoms with E-state index < -0.39 is 23.7 Å². The monoisotopic (exact) mass is 583 g/mol. The van der Waals surface area contributed by atoms with Crippen molar-refractivity contribution in [2.45, 2.75) is 95.2 Å². The molecule has 4 aliphatic rings. The van der Waals surface area contributed by atoms with Gasteiger partial charge in [-0.1, -0.05) is 18.9 Å². The fourth-order valence-electron chi connectivity index (χ4n) is 6.60. The van der Waals surface area contributed by atoms with Crippen molar-refractivity contribution in [3.8, 4) is 0 Å². The first-order valence-corrected chi connectivity index (χ1v) is 15.0. The maximum atomic E-state index is 13.4. The minimum absolute atomic E-state index is 0.159. The van der Waals surface area contributed by atoms with Crippen LogP contribution in [0.4, 0.5) is 18.9 Å². The predicted molar refractivity (Wildman–Crippen MR) is 149 cm³/mol. The molecule has 42 heavy (non-hydrogen) atoms. The van der Waals surface area contributed by atoms with Gasteiger partial charge in [0.2, 0.25) is 11.8 Å². The summed E-state index contributed by atoms with van der Waals surface area (Å²) in [6, 6.07) is 8.26. The molecule has 1 unspecified atom stereocenters. The number of hydrogen-bond donors (Lipinski definition) is 2. The van der Waals surface area contributed by atoms with E-state index in [9.17, 15) is 27.6 Å². The van der Waals surface area contributed by atoms with Crippen LogP contribution in [0.2, 0.25) is 0 Å². The summed E-state index contributed by atoms with van der Waals surface area (Å²) in [7, 11) is 0. The Balaban J connectivity index is 1.12. The van der Waals surface area contributed by atoms with E-state index >= 15 is 0 Å². The largest absolute Gasteiger partial charge is 0.417 e. The highest BCUT2D eigenvalue weighted by molar-refractivity contribution is 6.06. The number of nitrogens with one attached hydrogen (secondary N) is 2. The second kappa shape index (κ2) is 11.7. The quantitative estimate of drug-likeness (QED) is 0.420. The minimum atomic E-state index is -4.39. The third kappa shape index (κ3) is 6.16. The van der Waals surface area contributed by atoms with E-state index in [1.54, 1.807) is 4.90 Å². The van der Waals surface area contributed by atoms with E-state index in [0.29, 0.717) is 36.8 Å². The van der Waals surface area contributed by atoms with Gasteiger partial charge in [-0.25, -0.2) is 0 Å². The molecule has 1 atom stereocenters. The molecule has 1 aromatic carbocycles. The fourth-order valence-corrected chi connectivity index (χ4v) is 6.60. The predicted octanol–water partition coefficient (Wildman–Crippen LogP) is 4.57. The van der Waals surface area contributed by atoms with Crippen molar-refractivity contribution in [3.63, 3.8) is 0 Å². The molecule has 3 heterocycles. The van der Waals surface area contributed by atoms with Crippen LogP contribution in [-0.4, -0.2) is 52.3 Å². The van der Waals surface area contributed by atoms with Crippen molar-refractivity contribution in [2.24, 2.45) is 5.92 Å². The van der Waals surface area contributed by atoms with Crippen molar-refractivity contribution in [1.82, 2.24) is 20.5 Å². The molecule has 2 N–H and O–H groups in total. The van der Waals surface area contributed by atoms with Gasteiger partial charge in [0.15, 0.2) is 0 Å². The van der Waals surface area contributed by atoms with E-state index in [1.165, 1.54) is 18.9 Å². The van der Waals surface area contributed by atoms with Gasteiger partial charge in [0.05, 0.1) is 11.3 Å². The molecule has 3 fully saturated rings. The number of aromatic nitrogens is 1. The molecule has 0 radical (unpaired) electrons. The number of halogens is 3. The second-order valence-electron chi connectivity index (χ2n) is 12.1. The highest BCUT2D eigenvalue weighted by atomic mass is 19.4. The summed E-state index contributed by atoms with van der Waals surface area (Å²) < 4.78 is 38.5. The summed E-state index contributed by atoms with van der Waals surface area (Å²) in [4.78, 5) is 45.8. The lowest BCUT2D eigenvalue weighted by Crippen LogP contribution is -2.52. The molecule has 2 saturated carbocycles. The first kappa shape index (κ1) is 28.6. The standard InChI is InChI=1S/C31H36F3N5O3/c32-31(33,34)20-6-7-22(35-16-20)17-36-21-8-10-23(11-9-21)38(15-14-19-4-5-19)26-3-1-2-24-25(26)18-39(30(24)42)27-12-13-28(40)37-29(27)41/h1-3,6-7,16,19,21,23,27,36H,4-5,8-15,17-18H2,(H,37,40,41). The van der Waals surface area contributed by atoms with Gasteiger partial charge in [-0.15, -0.1) is 0 Å². The van der Waals surface area contributed by atoms with E-state index in [1.807, 2.05) is 12.1 Å². The molecule has 224 valence electrons. The van der Waals surface area contributed by atoms with Gasteiger partial charge in [-0.3, -0.25) is 24.7 Å². The third-order valence-electron chi connectivity index (χ3n) is 9.20. The molecule has 11 heteroatoms. The Kier molecular flexibility index (Phi) is 7.95. The Hall–Kier alpha value is -3.47. The lowest BCUT2D eigenvalue weighted by atomic mass is 9.89. The van der Waals surface area contributed by atoms with E-state index in [-0.39, 0.29) is 24.3 Å². The molecule has 6 rings (SSSR count). The van der Waals surface area contributed by atoms with Crippen LogP contribution in [0, 0.1) is 5.92 Å². The number of alkyl halides is 3. The van der Waals surface area contributed by atoms with Gasteiger partial charge >= 0.3 is 6.18 Å². The number of hydrogen-bond acceptors (Lipinski definition) is 6. The summed E-state index contributed by atoms with van der Waals surface area (Å²) in [5, 5.41) is 5.86. The van der Waals surface area contributed by atoms with Crippen LogP contribution in [0.5, 0.6) is 0 Å². The molecule has 0 bridgehead atoms. The van der Waals surface area contributed by atoms with Crippen LogP contribution < -0.4 is 15.5 Å². The molecule has 1 aromatic heterocycles. The number of benzene rings is 1. The lowest BCUT2D eigenvalue weighted by Gasteiger charge is -2.40. The molecule has 2 aliphatic carbocycles. The topological polar surface area (TPSA) is 94.6 Å². The average molecular weight is 584 g/mol. The van der Waals surface area contributed by atoms with Crippen LogP contribution in [-0.2, 0) is 28.9 Å². The van der Waals surface area contributed by atoms with Gasteiger partial charge in [0.1, 0.15) is 6.04 Å². The highest BCUT2D eigenvalue weighted by Gasteiger charge is 2.41. The fraction of sp³-hybridized carbons (Fsp3) is 0.548. The van der Waals surface area contributed by atoms with Gasteiger partial charge in [-0.05, 0) is 68.7 Å². The average Bonchev–Trinajstić information content (AvgIpc) is 3.74. The van der Waals surface area contributed by atoms with Crippen LogP contribution in [0.1, 0.15) is 85.0 Å². The van der Waals surface area contributed by atoms with E-state index in [0.717, 1.165) is 68.1 Å². The number of rotatable bonds is 9. The van der Waals surface area contributed by atoms with Crippen molar-refractivity contribution in [2.75, 3.05) is 11.4 Å². The molecule has 0 spiro atoms. The van der Waals surface area contributed by atoms with Crippen LogP contribution >= 0.6 is 0 Å². The molecule has 8 nitrogen and oxygen atoms in total. The lowest BCUT2D eigenvalue weighted by molar-refractivity contribution is -0.138. The number of piperidine rings is 1. The Morgan fingerprint density at radius 3 is 2.45 bits per heavy atom. The minimum Gasteiger partial charge on any atom is -0.368 e. The van der Waals surface area contributed by atoms with Crippen LogP contribution in [0.3, 0.4) is 0 Å². The zero-order chi connectivity index (χ0) is 29.4. The van der Waals surface area contributed by atoms with Crippen LogP contribution in [0.25, 0.3) is 0 Å². The summed E-state index contributed by atoms with van der Waals surface area (Å²) >= 11 is 0. The first-order valence-electron chi connectivity index (χ1n) is 15.0. The molecule has 2 aromatic rings. The highest BCUT2D eigenvalue weighted by Crippen LogP contribution is 2.39. The van der Waals surface area contributed by atoms with Crippen LogP contribution in [0.15, 0.2) is 36.5 Å². The maximum Gasteiger partial charge on any atom is 0.417 e. The Labute approximate surface area is 243 Å². The zero-order valence-corrected chi connectivity index (χ0v) is 23.5. The maximum absolute atomic E-state index is 13.4. The van der Waals surface area contributed by atoms with Crippen molar-refractivity contribution >= 4 is 23.4 Å². The zero-order valence-electron chi connectivity index (χ0n) is 23.5. The number of amides is 3. The number of imide groups is 1. The molecule has 1 saturated heterocycles. The number of pyridine rings is 1. The van der Waals surface area contributed by atoms with Crippen molar-refractivity contribution < 1.29 is 27.6 Å². The number of nitrogens with zero attached hydrogens (tertiary/aromatic N) is 3. The van der Waals surface area contributed by atoms with Gasteiger partial charge in [0, 0.05) is 61.1 Å². The number of anilines is 1.